The predicted octanol–water partition coefficient (Wildman–Crippen LogP) is 1.65. The maximum Gasteiger partial charge on any atom is 0.269 e. The summed E-state index contributed by atoms with van der Waals surface area (Å²) in [5, 5.41) is 6.74. The summed E-state index contributed by atoms with van der Waals surface area (Å²) in [5.74, 6) is 0.376. The van der Waals surface area contributed by atoms with Gasteiger partial charge in [0.05, 0.1) is 18.8 Å². The fraction of sp³-hybridized carbons (Fsp3) is 0.389. The van der Waals surface area contributed by atoms with Gasteiger partial charge in [0.15, 0.2) is 18.1 Å². The average molecular weight is 358 g/mol. The Morgan fingerprint density at radius 3 is 2.77 bits per heavy atom. The molecule has 2 amide bonds. The molecule has 2 aromatic rings. The summed E-state index contributed by atoms with van der Waals surface area (Å²) in [6, 6.07) is 8.63. The minimum atomic E-state index is -0.597. The van der Waals surface area contributed by atoms with Crippen molar-refractivity contribution in [1.29, 1.82) is 0 Å². The molecule has 0 aliphatic carbocycles. The molecule has 1 fully saturated rings. The summed E-state index contributed by atoms with van der Waals surface area (Å²) >= 11 is 0. The van der Waals surface area contributed by atoms with Crippen molar-refractivity contribution in [3.63, 3.8) is 0 Å². The van der Waals surface area contributed by atoms with Crippen LogP contribution in [-0.2, 0) is 4.79 Å². The number of methoxy groups -OCH3 is 1. The lowest BCUT2D eigenvalue weighted by molar-refractivity contribution is -0.137. The van der Waals surface area contributed by atoms with Gasteiger partial charge in [-0.2, -0.15) is 5.10 Å². The Morgan fingerprint density at radius 1 is 1.31 bits per heavy atom. The van der Waals surface area contributed by atoms with E-state index >= 15 is 0 Å². The van der Waals surface area contributed by atoms with Crippen LogP contribution in [0.25, 0.3) is 0 Å². The Bertz CT molecular complexity index is 789. The molecule has 1 saturated heterocycles. The Hall–Kier alpha value is -3.03. The van der Waals surface area contributed by atoms with Gasteiger partial charge in [0.1, 0.15) is 5.69 Å². The third-order valence-electron chi connectivity index (χ3n) is 4.45. The van der Waals surface area contributed by atoms with Crippen molar-refractivity contribution >= 4 is 11.8 Å². The molecule has 8 nitrogen and oxygen atoms in total. The Kier molecular flexibility index (Phi) is 5.40. The van der Waals surface area contributed by atoms with Crippen LogP contribution < -0.4 is 15.2 Å². The molecular formula is C18H22N4O4. The van der Waals surface area contributed by atoms with Gasteiger partial charge < -0.3 is 20.1 Å². The maximum absolute atomic E-state index is 12.7. The van der Waals surface area contributed by atoms with E-state index in [1.807, 2.05) is 12.1 Å². The fourth-order valence-corrected chi connectivity index (χ4v) is 3.15. The van der Waals surface area contributed by atoms with E-state index in [1.54, 1.807) is 30.2 Å². The molecule has 1 aliphatic heterocycles. The van der Waals surface area contributed by atoms with Crippen molar-refractivity contribution in [2.45, 2.75) is 25.3 Å². The second-order valence-electron chi connectivity index (χ2n) is 6.11. The predicted molar refractivity (Wildman–Crippen MR) is 93.9 cm³/mol. The number of carbonyl (C=O) groups excluding carboxylic acids is 2. The molecule has 1 aromatic carbocycles. The zero-order chi connectivity index (χ0) is 18.5. The summed E-state index contributed by atoms with van der Waals surface area (Å²) in [4.78, 5) is 25.8. The number of piperidine rings is 1. The number of carbonyl (C=O) groups is 2. The number of likely N-dealkylation sites (tertiary alicyclic amines) is 1. The maximum atomic E-state index is 12.7. The van der Waals surface area contributed by atoms with Gasteiger partial charge >= 0.3 is 0 Å². The number of nitrogens with two attached hydrogens (primary N) is 1. The van der Waals surface area contributed by atoms with Crippen LogP contribution in [0.3, 0.4) is 0 Å². The summed E-state index contributed by atoms with van der Waals surface area (Å²) < 4.78 is 10.9. The van der Waals surface area contributed by atoms with Crippen LogP contribution in [-0.4, -0.2) is 47.2 Å². The molecule has 8 heteroatoms. The smallest absolute Gasteiger partial charge is 0.269 e. The van der Waals surface area contributed by atoms with Crippen LogP contribution in [0.4, 0.5) is 0 Å². The number of aromatic amines is 1. The Balaban J connectivity index is 1.70. The van der Waals surface area contributed by atoms with Crippen LogP contribution in [0, 0.1) is 0 Å². The highest BCUT2D eigenvalue weighted by Crippen LogP contribution is 2.31. The second-order valence-corrected chi connectivity index (χ2v) is 6.11. The number of amides is 2. The van der Waals surface area contributed by atoms with Gasteiger partial charge in [0, 0.05) is 6.54 Å². The lowest BCUT2D eigenvalue weighted by atomic mass is 9.99. The number of H-pyrrole nitrogens is 1. The molecule has 0 saturated carbocycles. The molecule has 26 heavy (non-hydrogen) atoms. The number of nitrogens with zero attached hydrogens (tertiary/aromatic N) is 2. The first-order valence-electron chi connectivity index (χ1n) is 8.50. The number of para-hydroxylation sites is 2. The van der Waals surface area contributed by atoms with E-state index in [0.29, 0.717) is 23.7 Å². The summed E-state index contributed by atoms with van der Waals surface area (Å²) in [6.07, 6.45) is 2.71. The third-order valence-corrected chi connectivity index (χ3v) is 4.45. The van der Waals surface area contributed by atoms with Crippen molar-refractivity contribution in [3.8, 4) is 11.5 Å². The van der Waals surface area contributed by atoms with Gasteiger partial charge in [0.25, 0.3) is 11.8 Å². The standard InChI is InChI=1S/C18H22N4O4/c1-25-15-7-2-3-8-16(15)26-11-17(23)22-9-5-4-6-14(22)12-10-13(18(19)24)21-20-12/h2-3,7-8,10,14H,4-6,9,11H2,1H3,(H2,19,24)(H,20,21). The molecule has 0 radical (unpaired) electrons. The van der Waals surface area contributed by atoms with Crippen LogP contribution in [0.2, 0.25) is 0 Å². The van der Waals surface area contributed by atoms with Crippen LogP contribution in [0.5, 0.6) is 11.5 Å². The van der Waals surface area contributed by atoms with E-state index in [9.17, 15) is 9.59 Å². The minimum absolute atomic E-state index is 0.0896. The first-order valence-corrected chi connectivity index (χ1v) is 8.50. The van der Waals surface area contributed by atoms with Crippen molar-refractivity contribution in [1.82, 2.24) is 15.1 Å². The molecule has 0 bridgehead atoms. The first kappa shape index (κ1) is 17.8. The van der Waals surface area contributed by atoms with E-state index in [-0.39, 0.29) is 24.2 Å². The molecule has 138 valence electrons. The molecule has 2 heterocycles. The lowest BCUT2D eigenvalue weighted by Crippen LogP contribution is -2.41. The van der Waals surface area contributed by atoms with Gasteiger partial charge in [-0.3, -0.25) is 14.7 Å². The molecule has 3 N–H and O–H groups in total. The number of benzene rings is 1. The zero-order valence-corrected chi connectivity index (χ0v) is 14.6. The largest absolute Gasteiger partial charge is 0.493 e. The summed E-state index contributed by atoms with van der Waals surface area (Å²) in [6.45, 7) is 0.539. The molecular weight excluding hydrogens is 336 g/mol. The van der Waals surface area contributed by atoms with Gasteiger partial charge in [-0.15, -0.1) is 0 Å². The minimum Gasteiger partial charge on any atom is -0.493 e. The lowest BCUT2D eigenvalue weighted by Gasteiger charge is -2.35. The van der Waals surface area contributed by atoms with Gasteiger partial charge in [0.2, 0.25) is 0 Å². The molecule has 1 aliphatic rings. The van der Waals surface area contributed by atoms with Crippen molar-refractivity contribution < 1.29 is 19.1 Å². The normalized spacial score (nSPS) is 17.0. The van der Waals surface area contributed by atoms with Gasteiger partial charge in [-0.25, -0.2) is 0 Å². The second kappa shape index (κ2) is 7.90. The van der Waals surface area contributed by atoms with E-state index in [1.165, 1.54) is 0 Å². The van der Waals surface area contributed by atoms with Crippen molar-refractivity contribution in [2.75, 3.05) is 20.3 Å². The molecule has 1 atom stereocenters. The molecule has 0 spiro atoms. The summed E-state index contributed by atoms with van der Waals surface area (Å²) in [5.41, 5.74) is 6.14. The Labute approximate surface area is 151 Å². The fourth-order valence-electron chi connectivity index (χ4n) is 3.15. The van der Waals surface area contributed by atoms with Gasteiger partial charge in [-0.05, 0) is 37.5 Å². The SMILES string of the molecule is COc1ccccc1OCC(=O)N1CCCCC1c1cc(C(N)=O)n[nH]1. The first-order chi connectivity index (χ1) is 12.6. The highest BCUT2D eigenvalue weighted by molar-refractivity contribution is 5.90. The van der Waals surface area contributed by atoms with Crippen molar-refractivity contribution in [3.05, 3.63) is 41.7 Å². The summed E-state index contributed by atoms with van der Waals surface area (Å²) in [7, 11) is 1.55. The molecule has 1 unspecified atom stereocenters. The molecule has 1 aromatic heterocycles. The number of hydrogen-bond acceptors (Lipinski definition) is 5. The number of rotatable bonds is 6. The number of aromatic nitrogens is 2. The van der Waals surface area contributed by atoms with Crippen LogP contribution >= 0.6 is 0 Å². The van der Waals surface area contributed by atoms with Crippen LogP contribution in [0.1, 0.15) is 41.5 Å². The highest BCUT2D eigenvalue weighted by Gasteiger charge is 2.30. The molecule has 3 rings (SSSR count). The van der Waals surface area contributed by atoms with E-state index < -0.39 is 5.91 Å². The van der Waals surface area contributed by atoms with E-state index in [4.69, 9.17) is 15.2 Å². The number of nitrogens with one attached hydrogen (secondary N) is 1. The van der Waals surface area contributed by atoms with Gasteiger partial charge in [-0.1, -0.05) is 12.1 Å². The van der Waals surface area contributed by atoms with Crippen molar-refractivity contribution in [2.24, 2.45) is 5.73 Å². The topological polar surface area (TPSA) is 111 Å². The number of ether oxygens (including phenoxy) is 2. The van der Waals surface area contributed by atoms with Crippen LogP contribution in [0.15, 0.2) is 30.3 Å². The Morgan fingerprint density at radius 2 is 2.08 bits per heavy atom. The average Bonchev–Trinajstić information content (AvgIpc) is 3.16. The monoisotopic (exact) mass is 358 g/mol. The highest BCUT2D eigenvalue weighted by atomic mass is 16.5. The number of hydrogen-bond donors (Lipinski definition) is 2. The third kappa shape index (κ3) is 3.79. The van der Waals surface area contributed by atoms with E-state index in [2.05, 4.69) is 10.2 Å². The number of primary amides is 1. The quantitative estimate of drug-likeness (QED) is 0.816. The van der Waals surface area contributed by atoms with E-state index in [0.717, 1.165) is 19.3 Å². The zero-order valence-electron chi connectivity index (χ0n) is 14.6.